The summed E-state index contributed by atoms with van der Waals surface area (Å²) in [6, 6.07) is 5.71. The molecule has 4 rings (SSSR count). The molecule has 0 aliphatic carbocycles. The first-order valence-corrected chi connectivity index (χ1v) is 6.92. The largest absolute Gasteiger partial charge is 0.452 e. The summed E-state index contributed by atoms with van der Waals surface area (Å²) in [6.45, 7) is 3.19. The van der Waals surface area contributed by atoms with Crippen LogP contribution in [0.1, 0.15) is 23.2 Å². The van der Waals surface area contributed by atoms with Gasteiger partial charge in [-0.25, -0.2) is 4.79 Å². The van der Waals surface area contributed by atoms with Crippen molar-refractivity contribution < 1.29 is 19.4 Å². The number of rotatable bonds is 3. The summed E-state index contributed by atoms with van der Waals surface area (Å²) >= 11 is 0. The van der Waals surface area contributed by atoms with Crippen LogP contribution in [-0.2, 0) is 4.74 Å². The van der Waals surface area contributed by atoms with Gasteiger partial charge in [0, 0.05) is 30.9 Å². The quantitative estimate of drug-likeness (QED) is 0.494. The maximum absolute atomic E-state index is 12.1. The second-order valence-electron chi connectivity index (χ2n) is 5.54. The second kappa shape index (κ2) is 5.20. The third-order valence-corrected chi connectivity index (χ3v) is 4.30. The van der Waals surface area contributed by atoms with Gasteiger partial charge < -0.3 is 9.64 Å². The van der Waals surface area contributed by atoms with Crippen molar-refractivity contribution in [2.75, 3.05) is 19.6 Å². The van der Waals surface area contributed by atoms with Gasteiger partial charge >= 0.3 is 5.97 Å². The Labute approximate surface area is 116 Å². The molecule has 1 aromatic rings. The lowest BCUT2D eigenvalue weighted by Crippen LogP contribution is -3.16. The Kier molecular flexibility index (Phi) is 3.40. The molecule has 0 amide bonds. The molecule has 3 aliphatic heterocycles. The first-order valence-electron chi connectivity index (χ1n) is 6.92. The lowest BCUT2D eigenvalue weighted by atomic mass is 9.86. The molecule has 20 heavy (non-hydrogen) atoms. The number of quaternary nitrogens is 1. The third-order valence-electron chi connectivity index (χ3n) is 4.30. The number of hydrogen-bond acceptors (Lipinski definition) is 4. The molecule has 1 aromatic carbocycles. The van der Waals surface area contributed by atoms with Gasteiger partial charge in [-0.1, -0.05) is 6.07 Å². The van der Waals surface area contributed by atoms with E-state index in [1.807, 2.05) is 0 Å². The van der Waals surface area contributed by atoms with Gasteiger partial charge in [0.25, 0.3) is 5.69 Å². The van der Waals surface area contributed by atoms with Gasteiger partial charge in [-0.3, -0.25) is 10.1 Å². The number of piperidine rings is 3. The summed E-state index contributed by atoms with van der Waals surface area (Å²) in [5.41, 5.74) is 0.171. The summed E-state index contributed by atoms with van der Waals surface area (Å²) in [5, 5.41) is 10.7. The van der Waals surface area contributed by atoms with Crippen LogP contribution in [0.3, 0.4) is 0 Å². The highest BCUT2D eigenvalue weighted by Crippen LogP contribution is 2.22. The number of carbonyl (C=O) groups is 1. The molecule has 3 aliphatic rings. The molecule has 3 fully saturated rings. The van der Waals surface area contributed by atoms with Crippen LogP contribution < -0.4 is 4.90 Å². The number of esters is 1. The van der Waals surface area contributed by atoms with Crippen molar-refractivity contribution in [3.63, 3.8) is 0 Å². The van der Waals surface area contributed by atoms with Crippen molar-refractivity contribution in [2.24, 2.45) is 5.92 Å². The molecule has 3 heterocycles. The molecule has 0 spiro atoms. The molecule has 6 heteroatoms. The van der Waals surface area contributed by atoms with E-state index in [1.54, 1.807) is 6.07 Å². The minimum absolute atomic E-state index is 0.0423. The molecular weight excluding hydrogens is 260 g/mol. The van der Waals surface area contributed by atoms with Crippen molar-refractivity contribution in [1.29, 1.82) is 0 Å². The lowest BCUT2D eigenvalue weighted by molar-refractivity contribution is -0.920. The summed E-state index contributed by atoms with van der Waals surface area (Å²) in [5.74, 6) is 0.00185. The van der Waals surface area contributed by atoms with Gasteiger partial charge in [0.2, 0.25) is 0 Å². The Morgan fingerprint density at radius 1 is 1.35 bits per heavy atom. The first-order chi connectivity index (χ1) is 9.63. The molecule has 3 saturated heterocycles. The number of hydrogen-bond donors (Lipinski definition) is 1. The number of carbonyl (C=O) groups excluding carboxylic acids is 1. The van der Waals surface area contributed by atoms with Gasteiger partial charge in [0.05, 0.1) is 23.6 Å². The fraction of sp³-hybridized carbons (Fsp3) is 0.500. The average molecular weight is 277 g/mol. The van der Waals surface area contributed by atoms with Crippen molar-refractivity contribution in [2.45, 2.75) is 18.9 Å². The lowest BCUT2D eigenvalue weighted by Gasteiger charge is -2.41. The van der Waals surface area contributed by atoms with Crippen molar-refractivity contribution in [3.8, 4) is 0 Å². The Balaban J connectivity index is 1.70. The number of nitro groups is 1. The van der Waals surface area contributed by atoms with Crippen LogP contribution >= 0.6 is 0 Å². The van der Waals surface area contributed by atoms with Gasteiger partial charge in [-0.05, 0) is 6.07 Å². The molecule has 1 atom stereocenters. The van der Waals surface area contributed by atoms with E-state index < -0.39 is 10.9 Å². The zero-order valence-electron chi connectivity index (χ0n) is 11.1. The fourth-order valence-corrected chi connectivity index (χ4v) is 3.17. The fourth-order valence-electron chi connectivity index (χ4n) is 3.17. The third kappa shape index (κ3) is 2.51. The van der Waals surface area contributed by atoms with E-state index in [-0.39, 0.29) is 17.4 Å². The van der Waals surface area contributed by atoms with E-state index >= 15 is 0 Å². The molecule has 2 bridgehead atoms. The van der Waals surface area contributed by atoms with E-state index in [2.05, 4.69) is 0 Å². The van der Waals surface area contributed by atoms with E-state index in [0.29, 0.717) is 5.92 Å². The van der Waals surface area contributed by atoms with E-state index in [9.17, 15) is 14.9 Å². The van der Waals surface area contributed by atoms with Crippen LogP contribution in [-0.4, -0.2) is 36.6 Å². The monoisotopic (exact) mass is 277 g/mol. The van der Waals surface area contributed by atoms with Crippen LogP contribution in [0.25, 0.3) is 0 Å². The zero-order chi connectivity index (χ0) is 14.1. The molecule has 0 saturated carbocycles. The molecule has 106 valence electrons. The van der Waals surface area contributed by atoms with Crippen LogP contribution in [0.2, 0.25) is 0 Å². The van der Waals surface area contributed by atoms with E-state index in [1.165, 1.54) is 23.1 Å². The SMILES string of the molecule is O=C(O[C@H]1C[NH+]2CCC1CC2)c1cccc([N+](=O)[O-])c1. The smallest absolute Gasteiger partial charge is 0.338 e. The molecule has 0 unspecified atom stereocenters. The number of nitro benzene ring substituents is 1. The van der Waals surface area contributed by atoms with Gasteiger partial charge in [-0.15, -0.1) is 0 Å². The maximum Gasteiger partial charge on any atom is 0.338 e. The van der Waals surface area contributed by atoms with Crippen LogP contribution in [0.5, 0.6) is 0 Å². The van der Waals surface area contributed by atoms with E-state index in [0.717, 1.165) is 32.5 Å². The summed E-state index contributed by atoms with van der Waals surface area (Å²) < 4.78 is 5.56. The highest BCUT2D eigenvalue weighted by molar-refractivity contribution is 5.90. The maximum atomic E-state index is 12.1. The van der Waals surface area contributed by atoms with Crippen LogP contribution in [0.4, 0.5) is 5.69 Å². The predicted molar refractivity (Wildman–Crippen MR) is 70.6 cm³/mol. The van der Waals surface area contributed by atoms with Gasteiger partial charge in [0.1, 0.15) is 6.54 Å². The molecule has 6 nitrogen and oxygen atoms in total. The summed E-state index contributed by atoms with van der Waals surface area (Å²) in [7, 11) is 0. The Morgan fingerprint density at radius 2 is 2.10 bits per heavy atom. The first kappa shape index (κ1) is 13.1. The Bertz CT molecular complexity index is 538. The normalized spacial score (nSPS) is 28.1. The minimum atomic E-state index is -0.505. The van der Waals surface area contributed by atoms with Gasteiger partial charge in [0.15, 0.2) is 6.10 Å². The standard InChI is InChI=1S/C14H16N2O4/c17-14(11-2-1-3-12(8-11)16(18)19)20-13-9-15-6-4-10(13)5-7-15/h1-3,8,10,13H,4-7,9H2/p+1/t13-/m0/s1. The highest BCUT2D eigenvalue weighted by Gasteiger charge is 2.39. The van der Waals surface area contributed by atoms with Crippen LogP contribution in [0, 0.1) is 16.0 Å². The number of benzene rings is 1. The molecule has 1 N–H and O–H groups in total. The summed E-state index contributed by atoms with van der Waals surface area (Å²) in [4.78, 5) is 23.8. The summed E-state index contributed by atoms with van der Waals surface area (Å²) in [6.07, 6.45) is 2.16. The van der Waals surface area contributed by atoms with Gasteiger partial charge in [-0.2, -0.15) is 0 Å². The number of ether oxygens (including phenoxy) is 1. The number of nitrogens with zero attached hydrogens (tertiary/aromatic N) is 1. The van der Waals surface area contributed by atoms with E-state index in [4.69, 9.17) is 4.74 Å². The number of nitrogens with one attached hydrogen (secondary N) is 1. The molecular formula is C14H17N2O4+. The Morgan fingerprint density at radius 3 is 2.70 bits per heavy atom. The number of non-ortho nitro benzene ring substituents is 1. The topological polar surface area (TPSA) is 73.9 Å². The van der Waals surface area contributed by atoms with Crippen LogP contribution in [0.15, 0.2) is 24.3 Å². The minimum Gasteiger partial charge on any atom is -0.452 e. The van der Waals surface area contributed by atoms with Crippen molar-refractivity contribution >= 4 is 11.7 Å². The Hall–Kier alpha value is -1.95. The van der Waals surface area contributed by atoms with Crippen molar-refractivity contribution in [3.05, 3.63) is 39.9 Å². The zero-order valence-corrected chi connectivity index (χ0v) is 11.1. The predicted octanol–water partition coefficient (Wildman–Crippen LogP) is 0.429. The molecule has 0 aromatic heterocycles. The second-order valence-corrected chi connectivity index (χ2v) is 5.54. The average Bonchev–Trinajstić information content (AvgIpc) is 2.48. The van der Waals surface area contributed by atoms with Crippen molar-refractivity contribution in [1.82, 2.24) is 0 Å². The molecule has 0 radical (unpaired) electrons. The number of fused-ring (bicyclic) bond motifs is 3. The highest BCUT2D eigenvalue weighted by atomic mass is 16.6.